The molecule has 1 aliphatic heterocycles. The molecule has 158 valence electrons. The molecule has 2 rings (SSSR count). The van der Waals surface area contributed by atoms with Gasteiger partial charge >= 0.3 is 0 Å². The van der Waals surface area contributed by atoms with Crippen molar-refractivity contribution in [3.63, 3.8) is 0 Å². The molecule has 1 aromatic carbocycles. The molecule has 1 fully saturated rings. The van der Waals surface area contributed by atoms with Crippen molar-refractivity contribution in [2.75, 3.05) is 38.7 Å². The van der Waals surface area contributed by atoms with Gasteiger partial charge < -0.3 is 20.5 Å². The molecule has 28 heavy (non-hydrogen) atoms. The zero-order valence-corrected chi connectivity index (χ0v) is 17.7. The lowest BCUT2D eigenvalue weighted by atomic mass is 9.84. The van der Waals surface area contributed by atoms with E-state index in [0.717, 1.165) is 6.42 Å². The van der Waals surface area contributed by atoms with Crippen LogP contribution in [0.4, 0.5) is 0 Å². The Hall–Kier alpha value is -1.64. The Labute approximate surface area is 168 Å². The normalized spacial score (nSPS) is 21.5. The highest BCUT2D eigenvalue weighted by atomic mass is 32.2. The minimum atomic E-state index is -3.38. The van der Waals surface area contributed by atoms with Crippen LogP contribution in [0.2, 0.25) is 0 Å². The fraction of sp³-hybridized carbons (Fsp3) is 0.650. The van der Waals surface area contributed by atoms with E-state index < -0.39 is 9.84 Å². The van der Waals surface area contributed by atoms with E-state index in [-0.39, 0.29) is 23.8 Å². The molecule has 1 saturated heterocycles. The van der Waals surface area contributed by atoms with E-state index in [4.69, 9.17) is 4.74 Å². The third kappa shape index (κ3) is 6.46. The number of rotatable bonds is 10. The Morgan fingerprint density at radius 2 is 2.07 bits per heavy atom. The van der Waals surface area contributed by atoms with Crippen molar-refractivity contribution < 1.29 is 18.3 Å². The lowest BCUT2D eigenvalue weighted by molar-refractivity contribution is 0.131. The van der Waals surface area contributed by atoms with Gasteiger partial charge in [0.1, 0.15) is 0 Å². The Bertz CT molecular complexity index is 716. The monoisotopic (exact) mass is 411 g/mol. The van der Waals surface area contributed by atoms with E-state index in [1.807, 2.05) is 13.8 Å². The first kappa shape index (κ1) is 22.6. The maximum Gasteiger partial charge on any atom is 0.191 e. The highest BCUT2D eigenvalue weighted by Crippen LogP contribution is 2.32. The molecular formula is C20H33N3O4S. The molecule has 2 atom stereocenters. The molecular weight excluding hydrogens is 378 g/mol. The number of hydrogen-bond acceptors (Lipinski definition) is 5. The van der Waals surface area contributed by atoms with Crippen LogP contribution in [0.5, 0.6) is 0 Å². The lowest BCUT2D eigenvalue weighted by Crippen LogP contribution is -2.46. The quantitative estimate of drug-likeness (QED) is 0.399. The first-order valence-corrected chi connectivity index (χ1v) is 11.6. The van der Waals surface area contributed by atoms with E-state index in [9.17, 15) is 13.5 Å². The zero-order valence-electron chi connectivity index (χ0n) is 16.9. The van der Waals surface area contributed by atoms with Crippen molar-refractivity contribution in [1.82, 2.24) is 10.6 Å². The topological polar surface area (TPSA) is 100 Å². The minimum absolute atomic E-state index is 0.00280. The van der Waals surface area contributed by atoms with Gasteiger partial charge in [-0.2, -0.15) is 0 Å². The number of aliphatic hydroxyl groups is 1. The smallest absolute Gasteiger partial charge is 0.191 e. The van der Waals surface area contributed by atoms with E-state index in [2.05, 4.69) is 15.6 Å². The molecule has 0 saturated carbocycles. The van der Waals surface area contributed by atoms with Crippen LogP contribution in [0.15, 0.2) is 40.2 Å². The van der Waals surface area contributed by atoms with Crippen LogP contribution in [0.25, 0.3) is 0 Å². The molecule has 2 unspecified atom stereocenters. The average Bonchev–Trinajstić information content (AvgIpc) is 3.15. The van der Waals surface area contributed by atoms with Crippen LogP contribution in [0, 0.1) is 5.41 Å². The molecule has 0 bridgehead atoms. The van der Waals surface area contributed by atoms with Crippen molar-refractivity contribution >= 4 is 15.8 Å². The SMILES string of the molecule is CCNC(=NCC1(CCO)CCOC1)NC(CC)CS(=O)(=O)c1ccccc1. The van der Waals surface area contributed by atoms with E-state index >= 15 is 0 Å². The van der Waals surface area contributed by atoms with Crippen LogP contribution in [0.3, 0.4) is 0 Å². The molecule has 0 aromatic heterocycles. The van der Waals surface area contributed by atoms with Crippen LogP contribution < -0.4 is 10.6 Å². The van der Waals surface area contributed by atoms with E-state index in [1.165, 1.54) is 0 Å². The highest BCUT2D eigenvalue weighted by Gasteiger charge is 2.34. The summed E-state index contributed by atoms with van der Waals surface area (Å²) in [5, 5.41) is 15.8. The predicted molar refractivity (Wildman–Crippen MR) is 111 cm³/mol. The molecule has 0 amide bonds. The average molecular weight is 412 g/mol. The van der Waals surface area contributed by atoms with Gasteiger partial charge in [-0.1, -0.05) is 25.1 Å². The predicted octanol–water partition coefficient (Wildman–Crippen LogP) is 1.58. The Morgan fingerprint density at radius 1 is 1.32 bits per heavy atom. The second-order valence-corrected chi connectivity index (χ2v) is 9.35. The summed E-state index contributed by atoms with van der Waals surface area (Å²) in [4.78, 5) is 5.02. The summed E-state index contributed by atoms with van der Waals surface area (Å²) in [6, 6.07) is 8.27. The van der Waals surface area contributed by atoms with Gasteiger partial charge in [0, 0.05) is 31.2 Å². The Morgan fingerprint density at radius 3 is 2.64 bits per heavy atom. The van der Waals surface area contributed by atoms with Crippen LogP contribution in [-0.4, -0.2) is 64.2 Å². The van der Waals surface area contributed by atoms with Gasteiger partial charge in [0.15, 0.2) is 15.8 Å². The molecule has 1 aliphatic rings. The maximum absolute atomic E-state index is 12.7. The number of sulfone groups is 1. The van der Waals surface area contributed by atoms with Crippen molar-refractivity contribution in [2.24, 2.45) is 10.4 Å². The molecule has 7 nitrogen and oxygen atoms in total. The molecule has 8 heteroatoms. The number of nitrogens with one attached hydrogen (secondary N) is 2. The maximum atomic E-state index is 12.7. The van der Waals surface area contributed by atoms with E-state index in [1.54, 1.807) is 30.3 Å². The Balaban J connectivity index is 2.08. The van der Waals surface area contributed by atoms with Crippen molar-refractivity contribution in [1.29, 1.82) is 0 Å². The zero-order chi connectivity index (χ0) is 20.5. The van der Waals surface area contributed by atoms with Crippen LogP contribution in [0.1, 0.15) is 33.1 Å². The summed E-state index contributed by atoms with van der Waals surface area (Å²) < 4.78 is 30.9. The number of aliphatic imine (C=N–C) groups is 1. The van der Waals surface area contributed by atoms with Crippen LogP contribution in [-0.2, 0) is 14.6 Å². The van der Waals surface area contributed by atoms with Gasteiger partial charge in [-0.05, 0) is 38.3 Å². The summed E-state index contributed by atoms with van der Waals surface area (Å²) in [5.41, 5.74) is -0.144. The highest BCUT2D eigenvalue weighted by molar-refractivity contribution is 7.91. The lowest BCUT2D eigenvalue weighted by Gasteiger charge is -2.26. The van der Waals surface area contributed by atoms with Gasteiger partial charge in [-0.25, -0.2) is 8.42 Å². The molecule has 0 aliphatic carbocycles. The van der Waals surface area contributed by atoms with Crippen LogP contribution >= 0.6 is 0 Å². The summed E-state index contributed by atoms with van der Waals surface area (Å²) in [6.07, 6.45) is 2.17. The van der Waals surface area contributed by atoms with Crippen molar-refractivity contribution in [2.45, 2.75) is 44.0 Å². The van der Waals surface area contributed by atoms with Crippen molar-refractivity contribution in [3.8, 4) is 0 Å². The van der Waals surface area contributed by atoms with Gasteiger partial charge in [0.25, 0.3) is 0 Å². The molecule has 0 spiro atoms. The first-order valence-electron chi connectivity index (χ1n) is 9.96. The number of nitrogens with zero attached hydrogens (tertiary/aromatic N) is 1. The third-order valence-corrected chi connectivity index (χ3v) is 6.93. The van der Waals surface area contributed by atoms with Gasteiger partial charge in [-0.15, -0.1) is 0 Å². The largest absolute Gasteiger partial charge is 0.396 e. The second kappa shape index (κ2) is 10.8. The van der Waals surface area contributed by atoms with Crippen molar-refractivity contribution in [3.05, 3.63) is 30.3 Å². The first-order chi connectivity index (χ1) is 13.4. The number of aliphatic hydroxyl groups excluding tert-OH is 1. The number of hydrogen-bond donors (Lipinski definition) is 3. The molecule has 1 aromatic rings. The summed E-state index contributed by atoms with van der Waals surface area (Å²) >= 11 is 0. The summed E-state index contributed by atoms with van der Waals surface area (Å²) in [5.74, 6) is 0.602. The summed E-state index contributed by atoms with van der Waals surface area (Å²) in [6.45, 7) is 6.53. The van der Waals surface area contributed by atoms with Gasteiger partial charge in [0.2, 0.25) is 0 Å². The second-order valence-electron chi connectivity index (χ2n) is 7.32. The number of benzene rings is 1. The third-order valence-electron chi connectivity index (χ3n) is 5.10. The fourth-order valence-corrected chi connectivity index (χ4v) is 4.91. The number of ether oxygens (including phenoxy) is 1. The fourth-order valence-electron chi connectivity index (χ4n) is 3.30. The molecule has 0 radical (unpaired) electrons. The van der Waals surface area contributed by atoms with Gasteiger partial charge in [0.05, 0.1) is 23.8 Å². The molecule has 3 N–H and O–H groups in total. The van der Waals surface area contributed by atoms with E-state index in [0.29, 0.717) is 50.0 Å². The summed E-state index contributed by atoms with van der Waals surface area (Å²) in [7, 11) is -3.38. The Kier molecular flexibility index (Phi) is 8.72. The standard InChI is InChI=1S/C20H33N3O4S/c1-3-17(14-28(25,26)18-8-6-5-7-9-18)23-19(21-4-2)22-15-20(10-12-24)11-13-27-16-20/h5-9,17,24H,3-4,10-16H2,1-2H3,(H2,21,22,23). The molecule has 1 heterocycles. The number of guanidine groups is 1. The minimum Gasteiger partial charge on any atom is -0.396 e. The van der Waals surface area contributed by atoms with Gasteiger partial charge in [-0.3, -0.25) is 4.99 Å².